The lowest BCUT2D eigenvalue weighted by atomic mass is 10.1. The first kappa shape index (κ1) is 11.4. The van der Waals surface area contributed by atoms with Crippen LogP contribution in [0.5, 0.6) is 0 Å². The molecule has 0 aromatic carbocycles. The van der Waals surface area contributed by atoms with Gasteiger partial charge in [-0.25, -0.2) is 5.01 Å². The van der Waals surface area contributed by atoms with Crippen LogP contribution in [-0.4, -0.2) is 31.0 Å². The Labute approximate surface area is 75.8 Å². The number of hydrogen-bond acceptors (Lipinski definition) is 2. The molecule has 0 rings (SSSR count). The Morgan fingerprint density at radius 3 is 2.42 bits per heavy atom. The molecule has 0 saturated heterocycles. The molecule has 0 amide bonds. The molecule has 0 aliphatic rings. The lowest BCUT2D eigenvalue weighted by Crippen LogP contribution is -2.33. The smallest absolute Gasteiger partial charge is 0.0971 e. The van der Waals surface area contributed by atoms with E-state index in [0.29, 0.717) is 12.0 Å². The second-order valence-electron chi connectivity index (χ2n) is 3.41. The van der Waals surface area contributed by atoms with Crippen LogP contribution >= 0.6 is 0 Å². The van der Waals surface area contributed by atoms with Gasteiger partial charge >= 0.3 is 0 Å². The summed E-state index contributed by atoms with van der Waals surface area (Å²) in [5, 5.41) is 1.98. The van der Waals surface area contributed by atoms with Crippen molar-refractivity contribution in [3.63, 3.8) is 0 Å². The van der Waals surface area contributed by atoms with Crippen molar-refractivity contribution < 1.29 is 0 Å². The van der Waals surface area contributed by atoms with Crippen LogP contribution in [0.4, 0.5) is 0 Å². The first-order valence-electron chi connectivity index (χ1n) is 4.56. The third-order valence-electron chi connectivity index (χ3n) is 2.03. The summed E-state index contributed by atoms with van der Waals surface area (Å²) in [6.07, 6.45) is 1.77. The minimum atomic E-state index is 0.391. The summed E-state index contributed by atoms with van der Waals surface area (Å²) in [5.74, 6) is 0.606. The van der Waals surface area contributed by atoms with Crippen molar-refractivity contribution in [2.75, 3.05) is 13.6 Å². The maximum Gasteiger partial charge on any atom is 0.0971 e. The second kappa shape index (κ2) is 6.00. The van der Waals surface area contributed by atoms with E-state index in [1.165, 1.54) is 0 Å². The number of nitrogens with one attached hydrogen (secondary N) is 1. The largest absolute Gasteiger partial charge is 0.310 e. The highest BCUT2D eigenvalue weighted by molar-refractivity contribution is 5.53. The van der Waals surface area contributed by atoms with Crippen LogP contribution in [0.15, 0.2) is 4.99 Å². The van der Waals surface area contributed by atoms with Crippen molar-refractivity contribution in [2.45, 2.75) is 33.7 Å². The van der Waals surface area contributed by atoms with Gasteiger partial charge in [-0.3, -0.25) is 4.99 Å². The molecule has 0 unspecified atom stereocenters. The van der Waals surface area contributed by atoms with E-state index in [4.69, 9.17) is 0 Å². The van der Waals surface area contributed by atoms with Gasteiger partial charge in [0.15, 0.2) is 0 Å². The Morgan fingerprint density at radius 2 is 2.00 bits per heavy atom. The van der Waals surface area contributed by atoms with Crippen LogP contribution in [0, 0.1) is 5.92 Å². The molecule has 0 aliphatic heterocycles. The Kier molecular flexibility index (Phi) is 5.72. The first-order chi connectivity index (χ1) is 5.57. The Balaban J connectivity index is 3.61. The molecule has 0 radical (unpaired) electrons. The minimum absolute atomic E-state index is 0.391. The van der Waals surface area contributed by atoms with Crippen molar-refractivity contribution in [2.24, 2.45) is 10.9 Å². The molecular formula is C9H21N3. The molecule has 3 heteroatoms. The molecule has 0 spiro atoms. The molecule has 72 valence electrons. The van der Waals surface area contributed by atoms with Crippen LogP contribution in [-0.2, 0) is 0 Å². The highest BCUT2D eigenvalue weighted by Gasteiger charge is 2.02. The summed E-state index contributed by atoms with van der Waals surface area (Å²) in [5.41, 5.74) is 3.06. The molecule has 0 bridgehead atoms. The third kappa shape index (κ3) is 5.13. The van der Waals surface area contributed by atoms with Gasteiger partial charge < -0.3 is 5.43 Å². The Hall–Kier alpha value is -0.570. The average molecular weight is 171 g/mol. The van der Waals surface area contributed by atoms with Crippen LogP contribution in [0.25, 0.3) is 0 Å². The van der Waals surface area contributed by atoms with E-state index in [0.717, 1.165) is 6.54 Å². The first-order valence-corrected chi connectivity index (χ1v) is 4.56. The van der Waals surface area contributed by atoms with E-state index in [1.807, 2.05) is 12.1 Å². The summed E-state index contributed by atoms with van der Waals surface area (Å²) in [6, 6.07) is 0.391. The Bertz CT molecular complexity index is 132. The fraction of sp³-hybridized carbons (Fsp3) is 0.889. The molecule has 3 nitrogen and oxygen atoms in total. The van der Waals surface area contributed by atoms with E-state index in [2.05, 4.69) is 38.1 Å². The summed E-state index contributed by atoms with van der Waals surface area (Å²) in [7, 11) is 1.99. The van der Waals surface area contributed by atoms with Gasteiger partial charge in [-0.05, 0) is 12.8 Å². The van der Waals surface area contributed by atoms with E-state index < -0.39 is 0 Å². The second-order valence-corrected chi connectivity index (χ2v) is 3.41. The zero-order chi connectivity index (χ0) is 9.56. The van der Waals surface area contributed by atoms with E-state index in [9.17, 15) is 0 Å². The zero-order valence-electron chi connectivity index (χ0n) is 8.83. The van der Waals surface area contributed by atoms with E-state index in [1.54, 1.807) is 6.34 Å². The van der Waals surface area contributed by atoms with Gasteiger partial charge in [-0.1, -0.05) is 20.8 Å². The topological polar surface area (TPSA) is 27.6 Å². The molecule has 1 N–H and O–H groups in total. The number of nitrogens with zero attached hydrogens (tertiary/aromatic N) is 2. The summed E-state index contributed by atoms with van der Waals surface area (Å²) in [4.78, 5) is 4.33. The van der Waals surface area contributed by atoms with E-state index in [-0.39, 0.29) is 0 Å². The van der Waals surface area contributed by atoms with Gasteiger partial charge in [0.25, 0.3) is 0 Å². The third-order valence-corrected chi connectivity index (χ3v) is 2.03. The SMILES string of the molecule is CCN(C)NC=N[C@H](C)C(C)C. The van der Waals surface area contributed by atoms with Crippen LogP contribution < -0.4 is 5.43 Å². The molecular weight excluding hydrogens is 150 g/mol. The summed E-state index contributed by atoms with van der Waals surface area (Å²) >= 11 is 0. The van der Waals surface area contributed by atoms with Gasteiger partial charge in [0.2, 0.25) is 0 Å². The molecule has 1 atom stereocenters. The van der Waals surface area contributed by atoms with Crippen molar-refractivity contribution in [3.8, 4) is 0 Å². The zero-order valence-corrected chi connectivity index (χ0v) is 8.83. The number of hydrazine groups is 1. The molecule has 0 heterocycles. The predicted octanol–water partition coefficient (Wildman–Crippen LogP) is 1.52. The van der Waals surface area contributed by atoms with Gasteiger partial charge in [0.1, 0.15) is 0 Å². The lowest BCUT2D eigenvalue weighted by Gasteiger charge is -2.14. The standard InChI is InChI=1S/C9H21N3/c1-6-12(5)11-7-10-9(4)8(2)3/h7-9H,6H2,1-5H3,(H,10,11)/t9-/m1/s1. The summed E-state index contributed by atoms with van der Waals surface area (Å²) in [6.45, 7) is 9.53. The molecule has 0 aliphatic carbocycles. The lowest BCUT2D eigenvalue weighted by molar-refractivity contribution is 0.312. The number of aliphatic imine (C=N–C) groups is 1. The molecule has 0 aromatic rings. The minimum Gasteiger partial charge on any atom is -0.310 e. The maximum absolute atomic E-state index is 4.33. The Morgan fingerprint density at radius 1 is 1.42 bits per heavy atom. The van der Waals surface area contributed by atoms with Crippen LogP contribution in [0.2, 0.25) is 0 Å². The molecule has 0 fully saturated rings. The summed E-state index contributed by atoms with van der Waals surface area (Å²) < 4.78 is 0. The van der Waals surface area contributed by atoms with Crippen molar-refractivity contribution in [3.05, 3.63) is 0 Å². The fourth-order valence-corrected chi connectivity index (χ4v) is 0.513. The molecule has 0 aromatic heterocycles. The normalized spacial score (nSPS) is 14.6. The monoisotopic (exact) mass is 171 g/mol. The quantitative estimate of drug-likeness (QED) is 0.386. The average Bonchev–Trinajstić information content (AvgIpc) is 2.03. The molecule has 12 heavy (non-hydrogen) atoms. The van der Waals surface area contributed by atoms with Gasteiger partial charge in [-0.15, -0.1) is 0 Å². The molecule has 0 saturated carbocycles. The van der Waals surface area contributed by atoms with Crippen molar-refractivity contribution in [1.29, 1.82) is 0 Å². The maximum atomic E-state index is 4.33. The number of rotatable bonds is 5. The fourth-order valence-electron chi connectivity index (χ4n) is 0.513. The van der Waals surface area contributed by atoms with Crippen LogP contribution in [0.3, 0.4) is 0 Å². The predicted molar refractivity (Wildman–Crippen MR) is 54.2 cm³/mol. The van der Waals surface area contributed by atoms with Gasteiger partial charge in [-0.2, -0.15) is 0 Å². The van der Waals surface area contributed by atoms with E-state index >= 15 is 0 Å². The van der Waals surface area contributed by atoms with Gasteiger partial charge in [0.05, 0.1) is 12.4 Å². The van der Waals surface area contributed by atoms with Crippen LogP contribution in [0.1, 0.15) is 27.7 Å². The van der Waals surface area contributed by atoms with Crippen molar-refractivity contribution in [1.82, 2.24) is 10.4 Å². The van der Waals surface area contributed by atoms with Gasteiger partial charge in [0, 0.05) is 13.6 Å². The highest BCUT2D eigenvalue weighted by atomic mass is 15.5. The number of hydrogen-bond donors (Lipinski definition) is 1. The highest BCUT2D eigenvalue weighted by Crippen LogP contribution is 2.02. The van der Waals surface area contributed by atoms with Crippen molar-refractivity contribution >= 4 is 6.34 Å².